The molecule has 4 rings (SSSR count). The molecule has 152 valence electrons. The summed E-state index contributed by atoms with van der Waals surface area (Å²) in [5.41, 5.74) is 1.85. The number of benzene rings is 3. The smallest absolute Gasteiger partial charge is 0.238 e. The quantitative estimate of drug-likeness (QED) is 0.425. The van der Waals surface area contributed by atoms with Gasteiger partial charge in [0.15, 0.2) is 0 Å². The van der Waals surface area contributed by atoms with Crippen LogP contribution < -0.4 is 0 Å². The summed E-state index contributed by atoms with van der Waals surface area (Å²) in [7, 11) is 0. The van der Waals surface area contributed by atoms with Crippen molar-refractivity contribution in [3.63, 3.8) is 0 Å². The molecule has 3 heteroatoms. The fraction of sp³-hybridized carbons (Fsp3) is 0.222. The number of hydrogen-bond acceptors (Lipinski definition) is 2. The summed E-state index contributed by atoms with van der Waals surface area (Å²) in [4.78, 5) is 15.6. The third-order valence-electron chi connectivity index (χ3n) is 5.90. The Bertz CT molecular complexity index is 1000. The van der Waals surface area contributed by atoms with E-state index >= 15 is 0 Å². The molecule has 3 aromatic rings. The number of aliphatic hydroxyl groups is 1. The minimum absolute atomic E-state index is 0.0405. The molecule has 0 unspecified atom stereocenters. The number of β-lactam (4-membered cyclic amide) rings is 1. The molecule has 1 fully saturated rings. The molecule has 1 aliphatic rings. The Morgan fingerprint density at radius 2 is 1.50 bits per heavy atom. The highest BCUT2D eigenvalue weighted by atomic mass is 16.3. The number of carbonyl (C=O) groups is 1. The van der Waals surface area contributed by atoms with Crippen LogP contribution in [0.15, 0.2) is 103 Å². The van der Waals surface area contributed by atoms with E-state index in [1.807, 2.05) is 115 Å². The minimum Gasteiger partial charge on any atom is -0.387 e. The van der Waals surface area contributed by atoms with Gasteiger partial charge >= 0.3 is 0 Å². The lowest BCUT2D eigenvalue weighted by Crippen LogP contribution is -2.64. The second-order valence-corrected chi connectivity index (χ2v) is 7.79. The largest absolute Gasteiger partial charge is 0.387 e. The van der Waals surface area contributed by atoms with Crippen LogP contribution in [0, 0.1) is 5.41 Å². The third-order valence-corrected chi connectivity index (χ3v) is 5.90. The highest BCUT2D eigenvalue weighted by molar-refractivity contribution is 5.93. The average molecular weight is 398 g/mol. The first-order valence-corrected chi connectivity index (χ1v) is 10.5. The van der Waals surface area contributed by atoms with Crippen LogP contribution in [0.1, 0.15) is 42.2 Å². The number of likely N-dealkylation sites (tertiary alicyclic amines) is 1. The monoisotopic (exact) mass is 397 g/mol. The van der Waals surface area contributed by atoms with Crippen LogP contribution in [0.4, 0.5) is 0 Å². The lowest BCUT2D eigenvalue weighted by molar-refractivity contribution is -0.182. The van der Waals surface area contributed by atoms with Crippen molar-refractivity contribution in [2.45, 2.75) is 32.0 Å². The van der Waals surface area contributed by atoms with E-state index in [0.717, 1.165) is 23.1 Å². The summed E-state index contributed by atoms with van der Waals surface area (Å²) < 4.78 is 0. The van der Waals surface area contributed by atoms with Crippen molar-refractivity contribution in [3.8, 4) is 0 Å². The number of amides is 1. The third kappa shape index (κ3) is 3.46. The summed E-state index contributed by atoms with van der Waals surface area (Å²) in [6, 6.07) is 29.3. The maximum atomic E-state index is 13.7. The number of allylic oxidation sites excluding steroid dienone is 1. The Labute approximate surface area is 178 Å². The summed E-state index contributed by atoms with van der Waals surface area (Å²) in [6.07, 6.45) is 3.81. The predicted octanol–water partition coefficient (Wildman–Crippen LogP) is 5.46. The lowest BCUT2D eigenvalue weighted by Gasteiger charge is -2.57. The van der Waals surface area contributed by atoms with Crippen molar-refractivity contribution >= 4 is 5.91 Å². The number of hydrogen-bond donors (Lipinski definition) is 1. The number of aliphatic hydroxyl groups excluding tert-OH is 1. The summed E-state index contributed by atoms with van der Waals surface area (Å²) in [5.74, 6) is -0.0405. The summed E-state index contributed by atoms with van der Waals surface area (Å²) in [5, 5.41) is 11.5. The zero-order valence-electron chi connectivity index (χ0n) is 17.2. The number of rotatable bonds is 7. The Balaban J connectivity index is 1.81. The number of nitrogens with zero attached hydrogens (tertiary/aromatic N) is 1. The fourth-order valence-electron chi connectivity index (χ4n) is 4.45. The van der Waals surface area contributed by atoms with Crippen LogP contribution in [-0.4, -0.2) is 15.9 Å². The minimum atomic E-state index is -1.02. The van der Waals surface area contributed by atoms with Crippen LogP contribution >= 0.6 is 0 Å². The van der Waals surface area contributed by atoms with E-state index in [2.05, 4.69) is 0 Å². The molecule has 0 aromatic heterocycles. The maximum absolute atomic E-state index is 13.7. The average Bonchev–Trinajstić information content (AvgIpc) is 2.81. The fourth-order valence-corrected chi connectivity index (χ4v) is 4.45. The van der Waals surface area contributed by atoms with Gasteiger partial charge in [-0.2, -0.15) is 0 Å². The molecule has 1 aliphatic heterocycles. The van der Waals surface area contributed by atoms with Gasteiger partial charge in [-0.05, 0) is 23.1 Å². The van der Waals surface area contributed by atoms with Crippen LogP contribution in [0.3, 0.4) is 0 Å². The second kappa shape index (κ2) is 8.68. The van der Waals surface area contributed by atoms with Crippen molar-refractivity contribution in [1.29, 1.82) is 0 Å². The zero-order valence-corrected chi connectivity index (χ0v) is 17.2. The van der Waals surface area contributed by atoms with E-state index in [1.54, 1.807) is 0 Å². The molecule has 1 N–H and O–H groups in total. The van der Waals surface area contributed by atoms with E-state index in [-0.39, 0.29) is 11.9 Å². The molecule has 0 aliphatic carbocycles. The van der Waals surface area contributed by atoms with Gasteiger partial charge in [0.25, 0.3) is 0 Å². The lowest BCUT2D eigenvalue weighted by atomic mass is 9.62. The van der Waals surface area contributed by atoms with Crippen molar-refractivity contribution in [2.24, 2.45) is 5.41 Å². The molecule has 1 heterocycles. The van der Waals surface area contributed by atoms with E-state index in [9.17, 15) is 9.90 Å². The Kier molecular flexibility index (Phi) is 5.82. The van der Waals surface area contributed by atoms with E-state index in [1.165, 1.54) is 0 Å². The van der Waals surface area contributed by atoms with Crippen LogP contribution in [0.5, 0.6) is 0 Å². The first kappa shape index (κ1) is 20.1. The van der Waals surface area contributed by atoms with Crippen molar-refractivity contribution in [3.05, 3.63) is 120 Å². The standard InChI is InChI=1S/C27H27NO2/c1-2-3-19-27(25(29)23-17-11-6-12-18-23)24(22-15-9-5-10-16-22)28(26(27)30)20-21-13-7-4-8-14-21/h3-19,24-25,29H,2,20H2,1H3/b19-3+/t24-,25-,27+/m1/s1. The van der Waals surface area contributed by atoms with E-state index < -0.39 is 11.5 Å². The highest BCUT2D eigenvalue weighted by Crippen LogP contribution is 2.58. The molecule has 1 amide bonds. The second-order valence-electron chi connectivity index (χ2n) is 7.79. The van der Waals surface area contributed by atoms with Gasteiger partial charge in [-0.25, -0.2) is 0 Å². The van der Waals surface area contributed by atoms with Gasteiger partial charge in [0.05, 0.1) is 12.1 Å². The molecule has 3 atom stereocenters. The molecule has 0 saturated carbocycles. The van der Waals surface area contributed by atoms with E-state index in [0.29, 0.717) is 6.54 Å². The topological polar surface area (TPSA) is 40.5 Å². The molecule has 1 saturated heterocycles. The maximum Gasteiger partial charge on any atom is 0.238 e. The first-order valence-electron chi connectivity index (χ1n) is 10.5. The van der Waals surface area contributed by atoms with Crippen LogP contribution in [0.25, 0.3) is 0 Å². The predicted molar refractivity (Wildman–Crippen MR) is 119 cm³/mol. The van der Waals surface area contributed by atoms with Gasteiger partial charge in [0.2, 0.25) is 5.91 Å². The Hall–Kier alpha value is -3.17. The Morgan fingerprint density at radius 1 is 0.933 bits per heavy atom. The van der Waals surface area contributed by atoms with Crippen molar-refractivity contribution in [2.75, 3.05) is 0 Å². The first-order chi connectivity index (χ1) is 14.7. The van der Waals surface area contributed by atoms with E-state index in [4.69, 9.17) is 0 Å². The van der Waals surface area contributed by atoms with Gasteiger partial charge in [-0.1, -0.05) is 110 Å². The molecule has 0 radical (unpaired) electrons. The van der Waals surface area contributed by atoms with Crippen molar-refractivity contribution in [1.82, 2.24) is 4.90 Å². The van der Waals surface area contributed by atoms with Gasteiger partial charge in [-0.15, -0.1) is 0 Å². The SMILES string of the molecule is CC/C=C/[C@]1([C@H](O)c2ccccc2)C(=O)N(Cc2ccccc2)[C@@H]1c1ccccc1. The molecule has 3 aromatic carbocycles. The van der Waals surface area contributed by atoms with Crippen molar-refractivity contribution < 1.29 is 9.90 Å². The summed E-state index contributed by atoms with van der Waals surface area (Å²) >= 11 is 0. The summed E-state index contributed by atoms with van der Waals surface area (Å²) in [6.45, 7) is 2.56. The zero-order chi connectivity index (χ0) is 21.0. The van der Waals surface area contributed by atoms with Crippen LogP contribution in [-0.2, 0) is 11.3 Å². The van der Waals surface area contributed by atoms with Gasteiger partial charge in [-0.3, -0.25) is 4.79 Å². The van der Waals surface area contributed by atoms with Gasteiger partial charge in [0, 0.05) is 6.54 Å². The molecular weight excluding hydrogens is 370 g/mol. The molecule has 0 bridgehead atoms. The normalized spacial score (nSPS) is 22.1. The van der Waals surface area contributed by atoms with Crippen LogP contribution in [0.2, 0.25) is 0 Å². The molecule has 0 spiro atoms. The number of carbonyl (C=O) groups excluding carboxylic acids is 1. The highest BCUT2D eigenvalue weighted by Gasteiger charge is 2.63. The molecule has 3 nitrogen and oxygen atoms in total. The molecule has 30 heavy (non-hydrogen) atoms. The van der Waals surface area contributed by atoms with Gasteiger partial charge < -0.3 is 10.0 Å². The molecular formula is C27H27NO2. The Morgan fingerprint density at radius 3 is 2.10 bits per heavy atom. The van der Waals surface area contributed by atoms with Gasteiger partial charge in [0.1, 0.15) is 5.41 Å².